The van der Waals surface area contributed by atoms with Crippen LogP contribution in [-0.2, 0) is 6.42 Å². The van der Waals surface area contributed by atoms with Gasteiger partial charge in [-0.3, -0.25) is 4.98 Å². The van der Waals surface area contributed by atoms with Crippen molar-refractivity contribution in [1.29, 1.82) is 0 Å². The molecule has 0 atom stereocenters. The Kier molecular flexibility index (Phi) is 3.31. The Hall–Kier alpha value is -2.83. The van der Waals surface area contributed by atoms with Gasteiger partial charge in [-0.05, 0) is 17.7 Å². The Labute approximate surface area is 118 Å². The lowest BCUT2D eigenvalue weighted by molar-refractivity contribution is 0.423. The summed E-state index contributed by atoms with van der Waals surface area (Å²) in [5.74, 6) is -1.59. The zero-order valence-corrected chi connectivity index (χ0v) is 10.8. The molecule has 7 heteroatoms. The van der Waals surface area contributed by atoms with E-state index in [4.69, 9.17) is 10.3 Å². The molecule has 0 fully saturated rings. The van der Waals surface area contributed by atoms with E-state index < -0.39 is 11.6 Å². The van der Waals surface area contributed by atoms with Crippen molar-refractivity contribution in [3.8, 4) is 11.5 Å². The number of aromatic nitrogens is 3. The van der Waals surface area contributed by atoms with Gasteiger partial charge in [0.15, 0.2) is 17.5 Å². The monoisotopic (exact) mass is 288 g/mol. The molecule has 0 spiro atoms. The number of nitrogen functional groups attached to an aromatic ring is 1. The maximum atomic E-state index is 13.3. The summed E-state index contributed by atoms with van der Waals surface area (Å²) in [5.41, 5.74) is 6.74. The fourth-order valence-electron chi connectivity index (χ4n) is 1.87. The molecular weight excluding hydrogens is 278 g/mol. The van der Waals surface area contributed by atoms with Gasteiger partial charge in [-0.15, -0.1) is 0 Å². The second-order valence-corrected chi connectivity index (χ2v) is 4.41. The Morgan fingerprint density at radius 1 is 1.19 bits per heavy atom. The Balaban J connectivity index is 1.90. The van der Waals surface area contributed by atoms with Crippen molar-refractivity contribution >= 4 is 5.69 Å². The number of halogens is 2. The minimum Gasteiger partial charge on any atom is -0.398 e. The molecule has 2 N–H and O–H groups in total. The minimum atomic E-state index is -1.02. The first-order valence-electron chi connectivity index (χ1n) is 6.10. The lowest BCUT2D eigenvalue weighted by Gasteiger charge is -2.01. The van der Waals surface area contributed by atoms with Crippen molar-refractivity contribution in [3.05, 3.63) is 59.7 Å². The third-order valence-electron chi connectivity index (χ3n) is 2.88. The lowest BCUT2D eigenvalue weighted by atomic mass is 10.1. The molecule has 2 aromatic heterocycles. The first-order chi connectivity index (χ1) is 10.1. The van der Waals surface area contributed by atoms with Crippen molar-refractivity contribution in [2.45, 2.75) is 6.42 Å². The van der Waals surface area contributed by atoms with Crippen molar-refractivity contribution in [3.63, 3.8) is 0 Å². The van der Waals surface area contributed by atoms with Crippen LogP contribution < -0.4 is 5.73 Å². The Morgan fingerprint density at radius 3 is 2.76 bits per heavy atom. The second kappa shape index (κ2) is 5.28. The topological polar surface area (TPSA) is 77.8 Å². The summed E-state index contributed by atoms with van der Waals surface area (Å²) >= 11 is 0. The van der Waals surface area contributed by atoms with Crippen molar-refractivity contribution < 1.29 is 13.3 Å². The number of rotatable bonds is 3. The van der Waals surface area contributed by atoms with Gasteiger partial charge in [0, 0.05) is 30.6 Å². The van der Waals surface area contributed by atoms with Crippen LogP contribution in [0.5, 0.6) is 0 Å². The van der Waals surface area contributed by atoms with Crippen LogP contribution in [0.4, 0.5) is 14.5 Å². The molecule has 106 valence electrons. The molecule has 0 aliphatic rings. The molecule has 0 aliphatic heterocycles. The highest BCUT2D eigenvalue weighted by Crippen LogP contribution is 2.27. The average Bonchev–Trinajstić information content (AvgIpc) is 2.92. The predicted octanol–water partition coefficient (Wildman–Crippen LogP) is 2.58. The van der Waals surface area contributed by atoms with Gasteiger partial charge in [0.05, 0.1) is 5.56 Å². The number of hydrogen-bond donors (Lipinski definition) is 1. The molecule has 3 rings (SSSR count). The second-order valence-electron chi connectivity index (χ2n) is 4.41. The highest BCUT2D eigenvalue weighted by molar-refractivity contribution is 5.70. The molecule has 1 aromatic carbocycles. The van der Waals surface area contributed by atoms with E-state index in [1.807, 2.05) is 6.07 Å². The number of anilines is 1. The molecule has 3 aromatic rings. The van der Waals surface area contributed by atoms with E-state index in [2.05, 4.69) is 15.1 Å². The zero-order chi connectivity index (χ0) is 14.8. The molecular formula is C14H10F2N4O. The first kappa shape index (κ1) is 13.2. The van der Waals surface area contributed by atoms with E-state index in [0.29, 0.717) is 12.2 Å². The molecule has 0 unspecified atom stereocenters. The van der Waals surface area contributed by atoms with Gasteiger partial charge in [-0.2, -0.15) is 4.98 Å². The fourth-order valence-corrected chi connectivity index (χ4v) is 1.87. The SMILES string of the molecule is Nc1cc(F)c(F)cc1-c1nc(Cc2cccnc2)no1. The quantitative estimate of drug-likeness (QED) is 0.749. The van der Waals surface area contributed by atoms with Gasteiger partial charge in [-0.25, -0.2) is 8.78 Å². The molecule has 5 nitrogen and oxygen atoms in total. The molecule has 0 aliphatic carbocycles. The van der Waals surface area contributed by atoms with Crippen LogP contribution in [0.15, 0.2) is 41.2 Å². The summed E-state index contributed by atoms with van der Waals surface area (Å²) in [6.45, 7) is 0. The molecule has 0 radical (unpaired) electrons. The number of nitrogens with two attached hydrogens (primary N) is 1. The summed E-state index contributed by atoms with van der Waals surface area (Å²) in [5, 5.41) is 3.80. The van der Waals surface area contributed by atoms with Crippen LogP contribution in [0.25, 0.3) is 11.5 Å². The number of nitrogens with zero attached hydrogens (tertiary/aromatic N) is 3. The number of hydrogen-bond acceptors (Lipinski definition) is 5. The predicted molar refractivity (Wildman–Crippen MR) is 71.1 cm³/mol. The van der Waals surface area contributed by atoms with Crippen LogP contribution in [0.1, 0.15) is 11.4 Å². The van der Waals surface area contributed by atoms with E-state index in [1.165, 1.54) is 0 Å². The van der Waals surface area contributed by atoms with Gasteiger partial charge in [0.1, 0.15) is 0 Å². The Morgan fingerprint density at radius 2 is 2.00 bits per heavy atom. The highest BCUT2D eigenvalue weighted by Gasteiger charge is 2.15. The molecule has 0 amide bonds. The van der Waals surface area contributed by atoms with E-state index in [1.54, 1.807) is 18.5 Å². The third kappa shape index (κ3) is 2.71. The van der Waals surface area contributed by atoms with Crippen LogP contribution in [0.2, 0.25) is 0 Å². The Bertz CT molecular complexity index is 774. The smallest absolute Gasteiger partial charge is 0.260 e. The molecule has 0 bridgehead atoms. The number of benzene rings is 1. The minimum absolute atomic E-state index is 0.0328. The maximum absolute atomic E-state index is 13.3. The van der Waals surface area contributed by atoms with Gasteiger partial charge in [-0.1, -0.05) is 11.2 Å². The van der Waals surface area contributed by atoms with Gasteiger partial charge in [0.25, 0.3) is 5.89 Å². The molecule has 0 saturated carbocycles. The largest absolute Gasteiger partial charge is 0.398 e. The van der Waals surface area contributed by atoms with E-state index in [9.17, 15) is 8.78 Å². The molecule has 0 saturated heterocycles. The lowest BCUT2D eigenvalue weighted by Crippen LogP contribution is -1.95. The van der Waals surface area contributed by atoms with E-state index in [0.717, 1.165) is 17.7 Å². The summed E-state index contributed by atoms with van der Waals surface area (Å²) in [4.78, 5) is 8.12. The van der Waals surface area contributed by atoms with Gasteiger partial charge >= 0.3 is 0 Å². The van der Waals surface area contributed by atoms with Crippen molar-refractivity contribution in [2.24, 2.45) is 0 Å². The summed E-state index contributed by atoms with van der Waals surface area (Å²) < 4.78 is 31.4. The van der Waals surface area contributed by atoms with E-state index in [-0.39, 0.29) is 17.1 Å². The molecule has 2 heterocycles. The van der Waals surface area contributed by atoms with Crippen LogP contribution in [-0.4, -0.2) is 15.1 Å². The standard InChI is InChI=1S/C14H10F2N4O/c15-10-5-9(12(17)6-11(10)16)14-19-13(20-21-14)4-8-2-1-3-18-7-8/h1-3,5-7H,4,17H2. The maximum Gasteiger partial charge on any atom is 0.260 e. The van der Waals surface area contributed by atoms with Gasteiger partial charge in [0.2, 0.25) is 0 Å². The average molecular weight is 288 g/mol. The van der Waals surface area contributed by atoms with Crippen LogP contribution >= 0.6 is 0 Å². The number of pyridine rings is 1. The zero-order valence-electron chi connectivity index (χ0n) is 10.8. The fraction of sp³-hybridized carbons (Fsp3) is 0.0714. The van der Waals surface area contributed by atoms with Crippen LogP contribution in [0, 0.1) is 11.6 Å². The molecule has 21 heavy (non-hydrogen) atoms. The normalized spacial score (nSPS) is 10.8. The van der Waals surface area contributed by atoms with Crippen molar-refractivity contribution in [2.75, 3.05) is 5.73 Å². The van der Waals surface area contributed by atoms with Crippen molar-refractivity contribution in [1.82, 2.24) is 15.1 Å². The van der Waals surface area contributed by atoms with E-state index >= 15 is 0 Å². The first-order valence-corrected chi connectivity index (χ1v) is 6.10. The third-order valence-corrected chi connectivity index (χ3v) is 2.88. The summed E-state index contributed by atoms with van der Waals surface area (Å²) in [6, 6.07) is 5.49. The van der Waals surface area contributed by atoms with Crippen LogP contribution in [0.3, 0.4) is 0 Å². The van der Waals surface area contributed by atoms with Gasteiger partial charge < -0.3 is 10.3 Å². The summed E-state index contributed by atoms with van der Waals surface area (Å²) in [6.07, 6.45) is 3.76. The summed E-state index contributed by atoms with van der Waals surface area (Å²) in [7, 11) is 0. The highest BCUT2D eigenvalue weighted by atomic mass is 19.2.